The Bertz CT molecular complexity index is 1600. The maximum atomic E-state index is 13.4. The number of nitrogens with one attached hydrogen (secondary N) is 2. The minimum atomic E-state index is -0.592. The number of ketones is 1. The van der Waals surface area contributed by atoms with E-state index in [1.807, 2.05) is 0 Å². The fourth-order valence-electron chi connectivity index (χ4n) is 3.81. The SMILES string of the molecule is COc1ccc(/C=C/C(=O)c2ccc(NC(=O)/C(=C/c3ccc(F)cc3)NC(=O)c3ccccc3)cc2)cc1OC. The van der Waals surface area contributed by atoms with Gasteiger partial charge in [0.2, 0.25) is 0 Å². The number of ether oxygens (including phenoxy) is 2. The molecule has 8 heteroatoms. The molecule has 4 aromatic rings. The number of carbonyl (C=O) groups excluding carboxylic acids is 3. The summed E-state index contributed by atoms with van der Waals surface area (Å²) in [4.78, 5) is 38.6. The van der Waals surface area contributed by atoms with Crippen LogP contribution in [0.1, 0.15) is 31.8 Å². The van der Waals surface area contributed by atoms with Crippen molar-refractivity contribution in [3.05, 3.63) is 137 Å². The fourth-order valence-corrected chi connectivity index (χ4v) is 3.81. The number of hydrogen-bond acceptors (Lipinski definition) is 5. The van der Waals surface area contributed by atoms with Gasteiger partial charge in [-0.2, -0.15) is 0 Å². The van der Waals surface area contributed by atoms with E-state index in [2.05, 4.69) is 10.6 Å². The summed E-state index contributed by atoms with van der Waals surface area (Å²) in [5.41, 5.74) is 2.44. The number of carbonyl (C=O) groups is 3. The van der Waals surface area contributed by atoms with Gasteiger partial charge in [-0.05, 0) is 83.9 Å². The highest BCUT2D eigenvalue weighted by Gasteiger charge is 2.15. The third-order valence-corrected chi connectivity index (χ3v) is 5.97. The van der Waals surface area contributed by atoms with E-state index < -0.39 is 17.6 Å². The number of allylic oxidation sites excluding steroid dienone is 1. The van der Waals surface area contributed by atoms with Crippen LogP contribution in [0.15, 0.2) is 109 Å². The molecule has 41 heavy (non-hydrogen) atoms. The first-order valence-electron chi connectivity index (χ1n) is 12.6. The molecule has 0 aliphatic carbocycles. The summed E-state index contributed by atoms with van der Waals surface area (Å²) in [5, 5.41) is 5.36. The topological polar surface area (TPSA) is 93.7 Å². The zero-order valence-electron chi connectivity index (χ0n) is 22.4. The highest BCUT2D eigenvalue weighted by atomic mass is 19.1. The van der Waals surface area contributed by atoms with Crippen molar-refractivity contribution in [1.29, 1.82) is 0 Å². The molecule has 0 aliphatic heterocycles. The Hall–Kier alpha value is -5.50. The maximum Gasteiger partial charge on any atom is 0.272 e. The van der Waals surface area contributed by atoms with Gasteiger partial charge in [-0.15, -0.1) is 0 Å². The van der Waals surface area contributed by atoms with E-state index in [1.165, 1.54) is 43.5 Å². The first-order chi connectivity index (χ1) is 19.9. The van der Waals surface area contributed by atoms with Crippen LogP contribution in [0.4, 0.5) is 10.1 Å². The van der Waals surface area contributed by atoms with Crippen LogP contribution in [-0.4, -0.2) is 31.8 Å². The Morgan fingerprint density at radius 2 is 1.39 bits per heavy atom. The predicted octanol–water partition coefficient (Wildman–Crippen LogP) is 6.15. The zero-order chi connectivity index (χ0) is 29.2. The van der Waals surface area contributed by atoms with Crippen LogP contribution < -0.4 is 20.1 Å². The van der Waals surface area contributed by atoms with Gasteiger partial charge in [0.05, 0.1) is 14.2 Å². The van der Waals surface area contributed by atoms with E-state index in [9.17, 15) is 18.8 Å². The number of benzene rings is 4. The van der Waals surface area contributed by atoms with Gasteiger partial charge in [-0.1, -0.05) is 42.5 Å². The molecule has 0 radical (unpaired) electrons. The van der Waals surface area contributed by atoms with E-state index in [4.69, 9.17) is 9.47 Å². The molecule has 0 aliphatic rings. The van der Waals surface area contributed by atoms with Crippen LogP contribution in [-0.2, 0) is 4.79 Å². The van der Waals surface area contributed by atoms with Gasteiger partial charge in [0.15, 0.2) is 17.3 Å². The lowest BCUT2D eigenvalue weighted by Gasteiger charge is -2.12. The average Bonchev–Trinajstić information content (AvgIpc) is 3.01. The van der Waals surface area contributed by atoms with Crippen LogP contribution in [0.3, 0.4) is 0 Å². The molecule has 0 fully saturated rings. The molecule has 4 aromatic carbocycles. The molecule has 0 spiro atoms. The Morgan fingerprint density at radius 1 is 0.732 bits per heavy atom. The van der Waals surface area contributed by atoms with E-state index in [0.717, 1.165) is 5.56 Å². The molecular formula is C33H27FN2O5. The second kappa shape index (κ2) is 13.5. The monoisotopic (exact) mass is 550 g/mol. The van der Waals surface area contributed by atoms with Gasteiger partial charge in [0.1, 0.15) is 11.5 Å². The summed E-state index contributed by atoms with van der Waals surface area (Å²) >= 11 is 0. The van der Waals surface area contributed by atoms with Crippen LogP contribution in [0.2, 0.25) is 0 Å². The number of hydrogen-bond donors (Lipinski definition) is 2. The molecule has 4 rings (SSSR count). The van der Waals surface area contributed by atoms with Gasteiger partial charge >= 0.3 is 0 Å². The second-order valence-electron chi connectivity index (χ2n) is 8.77. The summed E-state index contributed by atoms with van der Waals surface area (Å²) in [6, 6.07) is 25.6. The Morgan fingerprint density at radius 3 is 2.05 bits per heavy atom. The number of rotatable bonds is 10. The van der Waals surface area contributed by atoms with Crippen molar-refractivity contribution in [2.24, 2.45) is 0 Å². The first-order valence-corrected chi connectivity index (χ1v) is 12.6. The highest BCUT2D eigenvalue weighted by Crippen LogP contribution is 2.28. The van der Waals surface area contributed by atoms with Crippen molar-refractivity contribution >= 4 is 35.4 Å². The smallest absolute Gasteiger partial charge is 0.272 e. The van der Waals surface area contributed by atoms with Crippen molar-refractivity contribution in [1.82, 2.24) is 5.32 Å². The van der Waals surface area contributed by atoms with Crippen molar-refractivity contribution in [3.8, 4) is 11.5 Å². The minimum absolute atomic E-state index is 0.0385. The largest absolute Gasteiger partial charge is 0.493 e. The van der Waals surface area contributed by atoms with Crippen molar-refractivity contribution in [2.75, 3.05) is 19.5 Å². The number of amides is 2. The first kappa shape index (κ1) is 28.5. The molecule has 0 unspecified atom stereocenters. The predicted molar refractivity (Wildman–Crippen MR) is 156 cm³/mol. The summed E-state index contributed by atoms with van der Waals surface area (Å²) in [6.07, 6.45) is 4.56. The second-order valence-corrected chi connectivity index (χ2v) is 8.77. The number of anilines is 1. The molecule has 0 heterocycles. The quantitative estimate of drug-likeness (QED) is 0.183. The molecule has 0 atom stereocenters. The fraction of sp³-hybridized carbons (Fsp3) is 0.0606. The lowest BCUT2D eigenvalue weighted by atomic mass is 10.1. The lowest BCUT2D eigenvalue weighted by Crippen LogP contribution is -2.30. The molecule has 0 saturated carbocycles. The molecule has 2 N–H and O–H groups in total. The maximum absolute atomic E-state index is 13.4. The molecule has 0 aromatic heterocycles. The molecule has 7 nitrogen and oxygen atoms in total. The van der Waals surface area contributed by atoms with Crippen LogP contribution in [0.25, 0.3) is 12.2 Å². The van der Waals surface area contributed by atoms with E-state index in [-0.39, 0.29) is 11.5 Å². The molecular weight excluding hydrogens is 523 g/mol. The van der Waals surface area contributed by atoms with Gasteiger partial charge in [0, 0.05) is 16.8 Å². The number of halogens is 1. The summed E-state index contributed by atoms with van der Waals surface area (Å²) in [6.45, 7) is 0. The van der Waals surface area contributed by atoms with Gasteiger partial charge in [0.25, 0.3) is 11.8 Å². The standard InChI is InChI=1S/C33H27FN2O5/c1-40-30-19-11-23(21-31(30)41-2)10-18-29(37)24-12-16-27(17-13-24)35-33(39)28(20-22-8-14-26(34)15-9-22)36-32(38)25-6-4-3-5-7-25/h3-21H,1-2H3,(H,35,39)(H,36,38)/b18-10+,28-20-. The van der Waals surface area contributed by atoms with Gasteiger partial charge < -0.3 is 20.1 Å². The third-order valence-electron chi connectivity index (χ3n) is 5.97. The Kier molecular flexibility index (Phi) is 9.41. The molecule has 0 bridgehead atoms. The molecule has 2 amide bonds. The van der Waals surface area contributed by atoms with E-state index in [1.54, 1.807) is 86.0 Å². The van der Waals surface area contributed by atoms with E-state index in [0.29, 0.717) is 33.9 Å². The van der Waals surface area contributed by atoms with Crippen molar-refractivity contribution in [3.63, 3.8) is 0 Å². The van der Waals surface area contributed by atoms with Gasteiger partial charge in [-0.3, -0.25) is 14.4 Å². The van der Waals surface area contributed by atoms with Crippen LogP contribution >= 0.6 is 0 Å². The Labute approximate surface area is 236 Å². The minimum Gasteiger partial charge on any atom is -0.493 e. The summed E-state index contributed by atoms with van der Waals surface area (Å²) in [5.74, 6) is -0.583. The Balaban J connectivity index is 1.47. The molecule has 0 saturated heterocycles. The third kappa shape index (κ3) is 7.77. The number of methoxy groups -OCH3 is 2. The van der Waals surface area contributed by atoms with Gasteiger partial charge in [-0.25, -0.2) is 4.39 Å². The van der Waals surface area contributed by atoms with Crippen molar-refractivity contribution in [2.45, 2.75) is 0 Å². The zero-order valence-corrected chi connectivity index (χ0v) is 22.4. The van der Waals surface area contributed by atoms with Crippen molar-refractivity contribution < 1.29 is 28.2 Å². The van der Waals surface area contributed by atoms with Crippen LogP contribution in [0, 0.1) is 5.82 Å². The average molecular weight is 551 g/mol. The summed E-state index contributed by atoms with van der Waals surface area (Å²) < 4.78 is 23.9. The normalized spacial score (nSPS) is 11.1. The summed E-state index contributed by atoms with van der Waals surface area (Å²) in [7, 11) is 3.09. The lowest BCUT2D eigenvalue weighted by molar-refractivity contribution is -0.113. The van der Waals surface area contributed by atoms with Crippen LogP contribution in [0.5, 0.6) is 11.5 Å². The molecule has 206 valence electrons. The van der Waals surface area contributed by atoms with E-state index >= 15 is 0 Å². The highest BCUT2D eigenvalue weighted by molar-refractivity contribution is 6.11.